The molecule has 0 spiro atoms. The van der Waals surface area contributed by atoms with Crippen molar-refractivity contribution in [1.29, 1.82) is 0 Å². The van der Waals surface area contributed by atoms with Gasteiger partial charge in [-0.3, -0.25) is 0 Å². The van der Waals surface area contributed by atoms with E-state index in [0.29, 0.717) is 25.4 Å². The fraction of sp³-hybridized carbons (Fsp3) is 0.562. The highest BCUT2D eigenvalue weighted by Gasteiger charge is 2.23. The molecule has 2 unspecified atom stereocenters. The zero-order valence-corrected chi connectivity index (χ0v) is 12.8. The summed E-state index contributed by atoms with van der Waals surface area (Å²) in [5.74, 6) is 0.262. The van der Waals surface area contributed by atoms with Crippen LogP contribution in [0.25, 0.3) is 0 Å². The van der Waals surface area contributed by atoms with Gasteiger partial charge in [0.1, 0.15) is 17.7 Å². The van der Waals surface area contributed by atoms with Gasteiger partial charge in [0.15, 0.2) is 0 Å². The number of benzene rings is 1. The zero-order valence-electron chi connectivity index (χ0n) is 12.8. The Balaban J connectivity index is 1.75. The van der Waals surface area contributed by atoms with Crippen molar-refractivity contribution in [1.82, 2.24) is 10.2 Å². The molecule has 0 radical (unpaired) electrons. The molecule has 0 aliphatic carbocycles. The Morgan fingerprint density at radius 3 is 3.14 bits per heavy atom. The highest BCUT2D eigenvalue weighted by Crippen LogP contribution is 2.16. The first-order valence-electron chi connectivity index (χ1n) is 7.64. The molecule has 2 N–H and O–H groups in total. The lowest BCUT2D eigenvalue weighted by atomic mass is 9.99. The van der Waals surface area contributed by atoms with E-state index in [1.54, 1.807) is 17.0 Å². The van der Waals surface area contributed by atoms with Crippen LogP contribution in [-0.2, 0) is 0 Å². The fourth-order valence-electron chi connectivity index (χ4n) is 2.56. The second-order valence-electron chi connectivity index (χ2n) is 5.71. The molecule has 1 saturated heterocycles. The number of likely N-dealkylation sites (tertiary alicyclic amines) is 1. The number of amides is 2. The number of hydrogen-bond donors (Lipinski definition) is 2. The number of piperidine rings is 1. The molecule has 1 aromatic rings. The fourth-order valence-corrected chi connectivity index (χ4v) is 2.56. The van der Waals surface area contributed by atoms with Crippen molar-refractivity contribution in [2.45, 2.75) is 25.9 Å². The average molecular weight is 310 g/mol. The average Bonchev–Trinajstić information content (AvgIpc) is 2.52. The maximum atomic E-state index is 13.1. The first kappa shape index (κ1) is 16.5. The number of nitrogens with zero attached hydrogens (tertiary/aromatic N) is 1. The third kappa shape index (κ3) is 4.87. The van der Waals surface area contributed by atoms with Crippen molar-refractivity contribution in [3.8, 4) is 5.75 Å². The van der Waals surface area contributed by atoms with Gasteiger partial charge in [-0.25, -0.2) is 9.18 Å². The van der Waals surface area contributed by atoms with Gasteiger partial charge in [-0.05, 0) is 37.8 Å². The number of hydrogen-bond acceptors (Lipinski definition) is 3. The van der Waals surface area contributed by atoms with Crippen molar-refractivity contribution in [3.05, 3.63) is 30.1 Å². The summed E-state index contributed by atoms with van der Waals surface area (Å²) in [4.78, 5) is 13.8. The van der Waals surface area contributed by atoms with Crippen LogP contribution in [0.4, 0.5) is 9.18 Å². The van der Waals surface area contributed by atoms with E-state index in [2.05, 4.69) is 5.32 Å². The first-order valence-corrected chi connectivity index (χ1v) is 7.64. The topological polar surface area (TPSA) is 61.8 Å². The van der Waals surface area contributed by atoms with Crippen LogP contribution in [0.5, 0.6) is 5.75 Å². The maximum Gasteiger partial charge on any atom is 0.317 e. The van der Waals surface area contributed by atoms with Gasteiger partial charge in [0, 0.05) is 25.8 Å². The van der Waals surface area contributed by atoms with Gasteiger partial charge >= 0.3 is 6.03 Å². The molecule has 6 heteroatoms. The van der Waals surface area contributed by atoms with E-state index in [0.717, 1.165) is 12.8 Å². The predicted octanol–water partition coefficient (Wildman–Crippen LogP) is 2.01. The minimum absolute atomic E-state index is 0.114. The number of nitrogens with one attached hydrogen (secondary N) is 1. The van der Waals surface area contributed by atoms with Gasteiger partial charge < -0.3 is 20.1 Å². The molecule has 122 valence electrons. The summed E-state index contributed by atoms with van der Waals surface area (Å²) in [6.07, 6.45) is 1.61. The second-order valence-corrected chi connectivity index (χ2v) is 5.71. The van der Waals surface area contributed by atoms with Crippen LogP contribution >= 0.6 is 0 Å². The summed E-state index contributed by atoms with van der Waals surface area (Å²) in [7, 11) is 0. The van der Waals surface area contributed by atoms with Gasteiger partial charge in [-0.15, -0.1) is 0 Å². The molecule has 1 fully saturated rings. The Morgan fingerprint density at radius 2 is 2.41 bits per heavy atom. The Hall–Kier alpha value is -1.82. The molecule has 2 rings (SSSR count). The molecular formula is C16H23FN2O3. The maximum absolute atomic E-state index is 13.1. The van der Waals surface area contributed by atoms with Gasteiger partial charge in [-0.2, -0.15) is 0 Å². The summed E-state index contributed by atoms with van der Waals surface area (Å²) < 4.78 is 18.6. The number of urea groups is 1. The lowest BCUT2D eigenvalue weighted by Gasteiger charge is -2.32. The van der Waals surface area contributed by atoms with E-state index in [1.807, 2.05) is 6.92 Å². The summed E-state index contributed by atoms with van der Waals surface area (Å²) in [6.45, 7) is 3.57. The Morgan fingerprint density at radius 1 is 1.59 bits per heavy atom. The zero-order chi connectivity index (χ0) is 15.9. The lowest BCUT2D eigenvalue weighted by Crippen LogP contribution is -2.48. The summed E-state index contributed by atoms with van der Waals surface area (Å²) in [5, 5.41) is 12.0. The number of aliphatic hydroxyl groups excluding tert-OH is 1. The van der Waals surface area contributed by atoms with Gasteiger partial charge in [0.05, 0.1) is 6.54 Å². The first-order chi connectivity index (χ1) is 10.6. The number of halogens is 1. The standard InChI is InChI=1S/C16H23FN2O3/c1-12(22-15-6-2-5-14(17)8-15)9-18-16(21)19-7-3-4-13(10-19)11-20/h2,5-6,8,12-13,20H,3-4,7,9-11H2,1H3,(H,18,21). The van der Waals surface area contributed by atoms with E-state index in [-0.39, 0.29) is 30.5 Å². The molecule has 0 bridgehead atoms. The Labute approximate surface area is 130 Å². The van der Waals surface area contributed by atoms with Crippen molar-refractivity contribution in [3.63, 3.8) is 0 Å². The van der Waals surface area contributed by atoms with Crippen LogP contribution < -0.4 is 10.1 Å². The van der Waals surface area contributed by atoms with Crippen molar-refractivity contribution in [2.24, 2.45) is 5.92 Å². The van der Waals surface area contributed by atoms with Crippen LogP contribution in [0.1, 0.15) is 19.8 Å². The number of carbonyl (C=O) groups is 1. The minimum Gasteiger partial charge on any atom is -0.489 e. The monoisotopic (exact) mass is 310 g/mol. The number of aliphatic hydroxyl groups is 1. The van der Waals surface area contributed by atoms with Gasteiger partial charge in [-0.1, -0.05) is 6.07 Å². The normalized spacial score (nSPS) is 19.6. The highest BCUT2D eigenvalue weighted by atomic mass is 19.1. The number of carbonyl (C=O) groups excluding carboxylic acids is 1. The number of ether oxygens (including phenoxy) is 1. The predicted molar refractivity (Wildman–Crippen MR) is 81.3 cm³/mol. The van der Waals surface area contributed by atoms with Crippen LogP contribution in [-0.4, -0.2) is 48.4 Å². The largest absolute Gasteiger partial charge is 0.489 e. The molecule has 1 aliphatic rings. The van der Waals surface area contributed by atoms with Crippen LogP contribution in [0.3, 0.4) is 0 Å². The van der Waals surface area contributed by atoms with Crippen LogP contribution in [0, 0.1) is 11.7 Å². The van der Waals surface area contributed by atoms with E-state index in [9.17, 15) is 14.3 Å². The third-order valence-electron chi connectivity index (χ3n) is 3.74. The van der Waals surface area contributed by atoms with E-state index in [1.165, 1.54) is 12.1 Å². The lowest BCUT2D eigenvalue weighted by molar-refractivity contribution is 0.126. The molecule has 1 heterocycles. The number of rotatable bonds is 5. The molecule has 2 amide bonds. The molecule has 22 heavy (non-hydrogen) atoms. The smallest absolute Gasteiger partial charge is 0.317 e. The summed E-state index contributed by atoms with van der Waals surface area (Å²) in [5.41, 5.74) is 0. The molecule has 1 aliphatic heterocycles. The molecule has 2 atom stereocenters. The highest BCUT2D eigenvalue weighted by molar-refractivity contribution is 5.74. The van der Waals surface area contributed by atoms with Crippen LogP contribution in [0.2, 0.25) is 0 Å². The quantitative estimate of drug-likeness (QED) is 0.874. The van der Waals surface area contributed by atoms with Crippen molar-refractivity contribution in [2.75, 3.05) is 26.2 Å². The van der Waals surface area contributed by atoms with Crippen molar-refractivity contribution < 1.29 is 19.0 Å². The Kier molecular flexibility index (Phi) is 6.00. The SMILES string of the molecule is CC(CNC(=O)N1CCCC(CO)C1)Oc1cccc(F)c1. The summed E-state index contributed by atoms with van der Waals surface area (Å²) in [6, 6.07) is 5.78. The van der Waals surface area contributed by atoms with Crippen LogP contribution in [0.15, 0.2) is 24.3 Å². The molecular weight excluding hydrogens is 287 g/mol. The molecule has 5 nitrogen and oxygen atoms in total. The minimum atomic E-state index is -0.350. The third-order valence-corrected chi connectivity index (χ3v) is 3.74. The molecule has 0 saturated carbocycles. The molecule has 0 aromatic heterocycles. The van der Waals surface area contributed by atoms with Crippen molar-refractivity contribution >= 4 is 6.03 Å². The molecule has 1 aromatic carbocycles. The van der Waals surface area contributed by atoms with Gasteiger partial charge in [0.25, 0.3) is 0 Å². The van der Waals surface area contributed by atoms with Gasteiger partial charge in [0.2, 0.25) is 0 Å². The van der Waals surface area contributed by atoms with E-state index < -0.39 is 0 Å². The Bertz CT molecular complexity index is 498. The second kappa shape index (κ2) is 7.98. The summed E-state index contributed by atoms with van der Waals surface area (Å²) >= 11 is 0. The van der Waals surface area contributed by atoms with E-state index in [4.69, 9.17) is 4.74 Å². The van der Waals surface area contributed by atoms with E-state index >= 15 is 0 Å².